The highest BCUT2D eigenvalue weighted by Crippen LogP contribution is 1.97. The predicted molar refractivity (Wildman–Crippen MR) is 85.1 cm³/mol. The Bertz CT molecular complexity index is 215. The van der Waals surface area contributed by atoms with Gasteiger partial charge in [-0.25, -0.2) is 0 Å². The minimum Gasteiger partial charge on any atom is -0.362 e. The lowest BCUT2D eigenvalue weighted by molar-refractivity contribution is 0.283. The predicted octanol–water partition coefficient (Wildman–Crippen LogP) is 2.57. The second-order valence-electron chi connectivity index (χ2n) is 5.04. The minimum atomic E-state index is 0.636. The summed E-state index contributed by atoms with van der Waals surface area (Å²) in [6.45, 7) is 17.4. The van der Waals surface area contributed by atoms with Crippen LogP contribution in [-0.4, -0.2) is 54.2 Å². The lowest BCUT2D eigenvalue weighted by Gasteiger charge is -2.26. The molecule has 0 amide bonds. The fourth-order valence-corrected chi connectivity index (χ4v) is 2.14. The first kappa shape index (κ1) is 17.6. The third-order valence-electron chi connectivity index (χ3n) is 3.13. The van der Waals surface area contributed by atoms with E-state index in [-0.39, 0.29) is 0 Å². The first-order chi connectivity index (χ1) is 8.54. The lowest BCUT2D eigenvalue weighted by Crippen LogP contribution is -2.42. The standard InChI is InChI=1S/C14H31N3S/c1-6-16(7-2)10-9-11-17(8-3)14(18)15-12-13(4)5/h13H,6-12H2,1-5H3,(H,15,18). The van der Waals surface area contributed by atoms with Crippen LogP contribution in [0.25, 0.3) is 0 Å². The average molecular weight is 273 g/mol. The van der Waals surface area contributed by atoms with Gasteiger partial charge in [-0.2, -0.15) is 0 Å². The van der Waals surface area contributed by atoms with E-state index in [4.69, 9.17) is 12.2 Å². The number of thiocarbonyl (C=S) groups is 1. The van der Waals surface area contributed by atoms with Crippen molar-refractivity contribution in [2.24, 2.45) is 5.92 Å². The molecule has 0 spiro atoms. The van der Waals surface area contributed by atoms with Crippen LogP contribution in [0, 0.1) is 5.92 Å². The van der Waals surface area contributed by atoms with Crippen molar-refractivity contribution in [1.82, 2.24) is 15.1 Å². The molecule has 3 nitrogen and oxygen atoms in total. The van der Waals surface area contributed by atoms with E-state index in [2.05, 4.69) is 49.7 Å². The number of rotatable bonds is 9. The molecule has 0 aliphatic rings. The van der Waals surface area contributed by atoms with Gasteiger partial charge in [-0.15, -0.1) is 0 Å². The van der Waals surface area contributed by atoms with Crippen LogP contribution in [0.4, 0.5) is 0 Å². The van der Waals surface area contributed by atoms with E-state index in [1.807, 2.05) is 0 Å². The van der Waals surface area contributed by atoms with E-state index >= 15 is 0 Å². The van der Waals surface area contributed by atoms with Gasteiger partial charge in [0.05, 0.1) is 0 Å². The van der Waals surface area contributed by atoms with Crippen molar-refractivity contribution in [1.29, 1.82) is 0 Å². The van der Waals surface area contributed by atoms with Gasteiger partial charge in [-0.1, -0.05) is 27.7 Å². The van der Waals surface area contributed by atoms with Gasteiger partial charge >= 0.3 is 0 Å². The summed E-state index contributed by atoms with van der Waals surface area (Å²) in [6, 6.07) is 0. The molecule has 0 aromatic rings. The van der Waals surface area contributed by atoms with Gasteiger partial charge in [-0.05, 0) is 51.1 Å². The van der Waals surface area contributed by atoms with Gasteiger partial charge in [-0.3, -0.25) is 0 Å². The monoisotopic (exact) mass is 273 g/mol. The number of hydrogen-bond acceptors (Lipinski definition) is 2. The molecule has 0 unspecified atom stereocenters. The Balaban J connectivity index is 3.91. The van der Waals surface area contributed by atoms with E-state index in [9.17, 15) is 0 Å². The van der Waals surface area contributed by atoms with E-state index in [0.717, 1.165) is 44.4 Å². The van der Waals surface area contributed by atoms with Crippen molar-refractivity contribution < 1.29 is 0 Å². The summed E-state index contributed by atoms with van der Waals surface area (Å²) < 4.78 is 0. The third-order valence-corrected chi connectivity index (χ3v) is 3.53. The van der Waals surface area contributed by atoms with Crippen molar-refractivity contribution in [3.8, 4) is 0 Å². The highest BCUT2D eigenvalue weighted by atomic mass is 32.1. The topological polar surface area (TPSA) is 18.5 Å². The first-order valence-electron chi connectivity index (χ1n) is 7.30. The van der Waals surface area contributed by atoms with E-state index in [0.29, 0.717) is 5.92 Å². The summed E-state index contributed by atoms with van der Waals surface area (Å²) in [5.41, 5.74) is 0. The molecule has 0 radical (unpaired) electrons. The van der Waals surface area contributed by atoms with Crippen LogP contribution < -0.4 is 5.32 Å². The molecule has 0 bridgehead atoms. The molecule has 0 saturated heterocycles. The Morgan fingerprint density at radius 2 is 1.67 bits per heavy atom. The molecule has 0 rings (SSSR count). The highest BCUT2D eigenvalue weighted by molar-refractivity contribution is 7.80. The molecule has 108 valence electrons. The molecule has 0 saturated carbocycles. The van der Waals surface area contributed by atoms with Gasteiger partial charge < -0.3 is 15.1 Å². The molecule has 0 aromatic heterocycles. The van der Waals surface area contributed by atoms with Gasteiger partial charge in [0.1, 0.15) is 0 Å². The van der Waals surface area contributed by atoms with Crippen LogP contribution in [-0.2, 0) is 0 Å². The number of hydrogen-bond donors (Lipinski definition) is 1. The summed E-state index contributed by atoms with van der Waals surface area (Å²) in [6.07, 6.45) is 1.18. The molecule has 18 heavy (non-hydrogen) atoms. The molecule has 0 atom stereocenters. The Labute approximate surface area is 119 Å². The second-order valence-corrected chi connectivity index (χ2v) is 5.43. The van der Waals surface area contributed by atoms with Crippen molar-refractivity contribution in [3.63, 3.8) is 0 Å². The molecule has 0 aromatic carbocycles. The maximum absolute atomic E-state index is 5.43. The molecule has 0 heterocycles. The Kier molecular flexibility index (Phi) is 10.4. The summed E-state index contributed by atoms with van der Waals surface area (Å²) in [5.74, 6) is 0.636. The van der Waals surface area contributed by atoms with Gasteiger partial charge in [0.15, 0.2) is 5.11 Å². The van der Waals surface area contributed by atoms with Gasteiger partial charge in [0.25, 0.3) is 0 Å². The molecule has 0 aliphatic carbocycles. The smallest absolute Gasteiger partial charge is 0.168 e. The normalized spacial score (nSPS) is 11.1. The number of nitrogens with zero attached hydrogens (tertiary/aromatic N) is 2. The second kappa shape index (κ2) is 10.6. The molecule has 0 fully saturated rings. The fourth-order valence-electron chi connectivity index (χ4n) is 1.83. The minimum absolute atomic E-state index is 0.636. The fraction of sp³-hybridized carbons (Fsp3) is 0.929. The SMILES string of the molecule is CCN(CC)CCCN(CC)C(=S)NCC(C)C. The van der Waals surface area contributed by atoms with Crippen LogP contribution in [0.2, 0.25) is 0 Å². The van der Waals surface area contributed by atoms with Crippen molar-refractivity contribution in [2.45, 2.75) is 41.0 Å². The van der Waals surface area contributed by atoms with Gasteiger partial charge in [0.2, 0.25) is 0 Å². The zero-order valence-corrected chi connectivity index (χ0v) is 13.6. The lowest BCUT2D eigenvalue weighted by atomic mass is 10.2. The van der Waals surface area contributed by atoms with Gasteiger partial charge in [0, 0.05) is 19.6 Å². The highest BCUT2D eigenvalue weighted by Gasteiger charge is 2.08. The summed E-state index contributed by atoms with van der Waals surface area (Å²) in [4.78, 5) is 4.72. The maximum atomic E-state index is 5.43. The number of nitrogens with one attached hydrogen (secondary N) is 1. The average Bonchev–Trinajstić information content (AvgIpc) is 2.36. The summed E-state index contributed by atoms with van der Waals surface area (Å²) >= 11 is 5.43. The van der Waals surface area contributed by atoms with Crippen LogP contribution in [0.1, 0.15) is 41.0 Å². The molecule has 1 N–H and O–H groups in total. The van der Waals surface area contributed by atoms with Crippen LogP contribution >= 0.6 is 12.2 Å². The maximum Gasteiger partial charge on any atom is 0.168 e. The van der Waals surface area contributed by atoms with E-state index < -0.39 is 0 Å². The van der Waals surface area contributed by atoms with E-state index in [1.54, 1.807) is 0 Å². The van der Waals surface area contributed by atoms with Crippen LogP contribution in [0.3, 0.4) is 0 Å². The Hall–Kier alpha value is -0.350. The molecule has 4 heteroatoms. The summed E-state index contributed by atoms with van der Waals surface area (Å²) in [7, 11) is 0. The Morgan fingerprint density at radius 1 is 1.06 bits per heavy atom. The summed E-state index contributed by atoms with van der Waals surface area (Å²) in [5, 5.41) is 4.25. The zero-order chi connectivity index (χ0) is 14.0. The van der Waals surface area contributed by atoms with Crippen molar-refractivity contribution in [2.75, 3.05) is 39.3 Å². The van der Waals surface area contributed by atoms with Crippen molar-refractivity contribution in [3.05, 3.63) is 0 Å². The van der Waals surface area contributed by atoms with Crippen molar-refractivity contribution >= 4 is 17.3 Å². The molecule has 0 aliphatic heterocycles. The van der Waals surface area contributed by atoms with Crippen LogP contribution in [0.15, 0.2) is 0 Å². The molecular weight excluding hydrogens is 242 g/mol. The Morgan fingerprint density at radius 3 is 2.11 bits per heavy atom. The zero-order valence-electron chi connectivity index (χ0n) is 12.8. The third kappa shape index (κ3) is 7.88. The largest absolute Gasteiger partial charge is 0.362 e. The first-order valence-corrected chi connectivity index (χ1v) is 7.70. The van der Waals surface area contributed by atoms with Crippen LogP contribution in [0.5, 0.6) is 0 Å². The molecular formula is C14H31N3S. The quantitative estimate of drug-likeness (QED) is 0.651. The van der Waals surface area contributed by atoms with E-state index in [1.165, 1.54) is 6.42 Å².